The number of nitrogens with one attached hydrogen (secondary N) is 2. The number of benzene rings is 2. The molecule has 2 amide bonds. The Morgan fingerprint density at radius 2 is 2.04 bits per heavy atom. The van der Waals surface area contributed by atoms with Crippen LogP contribution in [0.25, 0.3) is 0 Å². The first-order chi connectivity index (χ1) is 11.0. The number of aryl methyl sites for hydroxylation is 1. The molecule has 0 spiro atoms. The SMILES string of the molecule is C[S@](=O)c1ccc(NC(=O)N[C@@H]2CCc3ccccc32)cc1F. The number of anilines is 1. The minimum absolute atomic E-state index is 0.0292. The van der Waals surface area contributed by atoms with E-state index in [0.717, 1.165) is 18.4 Å². The van der Waals surface area contributed by atoms with E-state index in [1.54, 1.807) is 6.07 Å². The first-order valence-electron chi connectivity index (χ1n) is 7.33. The normalized spacial score (nSPS) is 17.4. The van der Waals surface area contributed by atoms with Crippen LogP contribution in [0.15, 0.2) is 47.4 Å². The summed E-state index contributed by atoms with van der Waals surface area (Å²) in [6.07, 6.45) is 3.21. The van der Waals surface area contributed by atoms with E-state index in [1.165, 1.54) is 24.0 Å². The van der Waals surface area contributed by atoms with Crippen LogP contribution in [0, 0.1) is 5.82 Å². The monoisotopic (exact) mass is 332 g/mol. The molecule has 3 rings (SSSR count). The number of urea groups is 1. The van der Waals surface area contributed by atoms with E-state index in [-0.39, 0.29) is 17.0 Å². The average Bonchev–Trinajstić information content (AvgIpc) is 2.90. The fourth-order valence-corrected chi connectivity index (χ4v) is 3.44. The largest absolute Gasteiger partial charge is 0.331 e. The highest BCUT2D eigenvalue weighted by Gasteiger charge is 2.23. The molecule has 1 aliphatic rings. The summed E-state index contributed by atoms with van der Waals surface area (Å²) in [7, 11) is -1.39. The number of carbonyl (C=O) groups excluding carboxylic acids is 1. The van der Waals surface area contributed by atoms with Crippen molar-refractivity contribution in [1.82, 2.24) is 5.32 Å². The van der Waals surface area contributed by atoms with E-state index in [2.05, 4.69) is 16.7 Å². The van der Waals surface area contributed by atoms with Crippen molar-refractivity contribution < 1.29 is 13.4 Å². The molecule has 2 atom stereocenters. The second-order valence-electron chi connectivity index (χ2n) is 5.49. The first kappa shape index (κ1) is 15.7. The first-order valence-corrected chi connectivity index (χ1v) is 8.88. The van der Waals surface area contributed by atoms with Crippen LogP contribution < -0.4 is 10.6 Å². The highest BCUT2D eigenvalue weighted by molar-refractivity contribution is 7.84. The average molecular weight is 332 g/mol. The molecule has 1 aliphatic carbocycles. The number of halogens is 1. The van der Waals surface area contributed by atoms with Gasteiger partial charge in [-0.25, -0.2) is 9.18 Å². The molecule has 0 saturated heterocycles. The highest BCUT2D eigenvalue weighted by Crippen LogP contribution is 2.30. The summed E-state index contributed by atoms with van der Waals surface area (Å²) in [4.78, 5) is 12.2. The van der Waals surface area contributed by atoms with Crippen LogP contribution >= 0.6 is 0 Å². The molecule has 0 unspecified atom stereocenters. The van der Waals surface area contributed by atoms with Crippen LogP contribution in [-0.2, 0) is 17.2 Å². The van der Waals surface area contributed by atoms with E-state index in [0.29, 0.717) is 5.69 Å². The second kappa shape index (κ2) is 6.50. The molecular weight excluding hydrogens is 315 g/mol. The van der Waals surface area contributed by atoms with Gasteiger partial charge in [-0.2, -0.15) is 0 Å². The summed E-state index contributed by atoms with van der Waals surface area (Å²) in [5.74, 6) is -0.588. The molecule has 0 bridgehead atoms. The van der Waals surface area contributed by atoms with E-state index in [4.69, 9.17) is 0 Å². The zero-order chi connectivity index (χ0) is 16.4. The summed E-state index contributed by atoms with van der Waals surface area (Å²) >= 11 is 0. The van der Waals surface area contributed by atoms with Crippen molar-refractivity contribution in [3.8, 4) is 0 Å². The lowest BCUT2D eigenvalue weighted by Gasteiger charge is -2.15. The smallest absolute Gasteiger partial charge is 0.319 e. The maximum Gasteiger partial charge on any atom is 0.319 e. The molecule has 4 nitrogen and oxygen atoms in total. The quantitative estimate of drug-likeness (QED) is 0.905. The Morgan fingerprint density at radius 1 is 1.26 bits per heavy atom. The van der Waals surface area contributed by atoms with Gasteiger partial charge in [0.1, 0.15) is 5.82 Å². The third kappa shape index (κ3) is 3.42. The summed E-state index contributed by atoms with van der Waals surface area (Å²) in [5, 5.41) is 5.53. The zero-order valence-electron chi connectivity index (χ0n) is 12.6. The van der Waals surface area contributed by atoms with E-state index < -0.39 is 16.6 Å². The number of carbonyl (C=O) groups is 1. The lowest BCUT2D eigenvalue weighted by Crippen LogP contribution is -2.31. The predicted octanol–water partition coefficient (Wildman–Crippen LogP) is 3.37. The van der Waals surface area contributed by atoms with Crippen LogP contribution in [0.2, 0.25) is 0 Å². The fourth-order valence-electron chi connectivity index (χ4n) is 2.84. The van der Waals surface area contributed by atoms with Crippen molar-refractivity contribution in [3.63, 3.8) is 0 Å². The Balaban J connectivity index is 1.67. The van der Waals surface area contributed by atoms with Gasteiger partial charge in [-0.15, -0.1) is 0 Å². The van der Waals surface area contributed by atoms with Gasteiger partial charge in [0.15, 0.2) is 0 Å². The van der Waals surface area contributed by atoms with Gasteiger partial charge in [0.25, 0.3) is 0 Å². The minimum Gasteiger partial charge on any atom is -0.331 e. The number of hydrogen-bond acceptors (Lipinski definition) is 2. The van der Waals surface area contributed by atoms with Crippen molar-refractivity contribution in [2.75, 3.05) is 11.6 Å². The Bertz CT molecular complexity index is 779. The lowest BCUT2D eigenvalue weighted by molar-refractivity contribution is 0.248. The predicted molar refractivity (Wildman–Crippen MR) is 88.4 cm³/mol. The second-order valence-corrected chi connectivity index (χ2v) is 6.84. The molecule has 0 saturated carbocycles. The topological polar surface area (TPSA) is 58.2 Å². The third-order valence-electron chi connectivity index (χ3n) is 3.94. The van der Waals surface area contributed by atoms with Crippen molar-refractivity contribution in [3.05, 3.63) is 59.4 Å². The molecule has 0 aromatic heterocycles. The van der Waals surface area contributed by atoms with Crippen LogP contribution in [0.5, 0.6) is 0 Å². The molecule has 0 heterocycles. The van der Waals surface area contributed by atoms with Gasteiger partial charge in [0, 0.05) is 11.9 Å². The number of fused-ring (bicyclic) bond motifs is 1. The Morgan fingerprint density at radius 3 is 2.78 bits per heavy atom. The third-order valence-corrected chi connectivity index (χ3v) is 4.89. The number of rotatable bonds is 3. The van der Waals surface area contributed by atoms with Gasteiger partial charge >= 0.3 is 6.03 Å². The number of amides is 2. The molecule has 2 aromatic carbocycles. The Hall–Kier alpha value is -2.21. The molecule has 0 aliphatic heterocycles. The van der Waals surface area contributed by atoms with Gasteiger partial charge in [-0.3, -0.25) is 4.21 Å². The number of hydrogen-bond donors (Lipinski definition) is 2. The fraction of sp³-hybridized carbons (Fsp3) is 0.235. The summed E-state index contributed by atoms with van der Waals surface area (Å²) < 4.78 is 25.1. The Kier molecular flexibility index (Phi) is 4.43. The minimum atomic E-state index is -1.39. The van der Waals surface area contributed by atoms with Crippen molar-refractivity contribution in [2.45, 2.75) is 23.8 Å². The molecule has 0 radical (unpaired) electrons. The zero-order valence-corrected chi connectivity index (χ0v) is 13.5. The molecular formula is C17H17FN2O2S. The highest BCUT2D eigenvalue weighted by atomic mass is 32.2. The van der Waals surface area contributed by atoms with Crippen molar-refractivity contribution in [1.29, 1.82) is 0 Å². The standard InChI is InChI=1S/C17H17FN2O2S/c1-23(22)16-9-7-12(10-14(16)18)19-17(21)20-15-8-6-11-4-2-3-5-13(11)15/h2-5,7,9-10,15H,6,8H2,1H3,(H2,19,20,21)/t15-,23+/m1/s1. The molecule has 2 aromatic rings. The van der Waals surface area contributed by atoms with E-state index >= 15 is 0 Å². The van der Waals surface area contributed by atoms with Gasteiger partial charge in [0.2, 0.25) is 0 Å². The molecule has 0 fully saturated rings. The summed E-state index contributed by atoms with van der Waals surface area (Å²) in [5.41, 5.74) is 2.71. The maximum atomic E-state index is 13.8. The summed E-state index contributed by atoms with van der Waals surface area (Å²) in [6, 6.07) is 11.8. The molecule has 120 valence electrons. The van der Waals surface area contributed by atoms with Gasteiger partial charge in [0.05, 0.1) is 21.7 Å². The van der Waals surface area contributed by atoms with Crippen LogP contribution in [0.3, 0.4) is 0 Å². The van der Waals surface area contributed by atoms with E-state index in [1.807, 2.05) is 18.2 Å². The van der Waals surface area contributed by atoms with E-state index in [9.17, 15) is 13.4 Å². The van der Waals surface area contributed by atoms with Crippen LogP contribution in [0.1, 0.15) is 23.6 Å². The summed E-state index contributed by atoms with van der Waals surface area (Å²) in [6.45, 7) is 0. The Labute approximate surface area is 136 Å². The van der Waals surface area contributed by atoms with Crippen molar-refractivity contribution >= 4 is 22.5 Å². The van der Waals surface area contributed by atoms with Gasteiger partial charge < -0.3 is 10.6 Å². The molecule has 23 heavy (non-hydrogen) atoms. The van der Waals surface area contributed by atoms with Gasteiger partial charge in [-0.05, 0) is 42.2 Å². The lowest BCUT2D eigenvalue weighted by atomic mass is 10.1. The van der Waals surface area contributed by atoms with Crippen LogP contribution in [-0.4, -0.2) is 16.5 Å². The van der Waals surface area contributed by atoms with Crippen molar-refractivity contribution in [2.24, 2.45) is 0 Å². The maximum absolute atomic E-state index is 13.8. The molecule has 2 N–H and O–H groups in total. The van der Waals surface area contributed by atoms with Gasteiger partial charge in [-0.1, -0.05) is 24.3 Å². The van der Waals surface area contributed by atoms with Crippen LogP contribution in [0.4, 0.5) is 14.9 Å². The molecule has 6 heteroatoms.